The number of nitrogens with one attached hydrogen (secondary N) is 1. The molecule has 2 rings (SSSR count). The van der Waals surface area contributed by atoms with E-state index in [1.54, 1.807) is 42.5 Å². The van der Waals surface area contributed by atoms with Crippen molar-refractivity contribution in [2.45, 2.75) is 18.2 Å². The molecule has 0 saturated heterocycles. The summed E-state index contributed by atoms with van der Waals surface area (Å²) in [5.74, 6) is -0.329. The Morgan fingerprint density at radius 3 is 2.08 bits per heavy atom. The Kier molecular flexibility index (Phi) is 6.21. The normalized spacial score (nSPS) is 12.1. The van der Waals surface area contributed by atoms with Crippen molar-refractivity contribution >= 4 is 25.7 Å². The number of benzene rings is 2. The maximum absolute atomic E-state index is 12.3. The standard InChI is InChI=1S/C17H22N2O4S2/c1-3-15-9-11-17(12-10-15)25(22,23)18-13-14-24(20,21)19(2)16-7-5-4-6-8-16/h4-12,18H,3,13-14H2,1-2H3. The van der Waals surface area contributed by atoms with Crippen molar-refractivity contribution in [1.82, 2.24) is 4.72 Å². The Morgan fingerprint density at radius 1 is 0.920 bits per heavy atom. The molecule has 25 heavy (non-hydrogen) atoms. The summed E-state index contributed by atoms with van der Waals surface area (Å²) >= 11 is 0. The summed E-state index contributed by atoms with van der Waals surface area (Å²) in [7, 11) is -5.91. The van der Waals surface area contributed by atoms with Gasteiger partial charge in [-0.1, -0.05) is 37.3 Å². The molecule has 0 aliphatic rings. The van der Waals surface area contributed by atoms with Crippen LogP contribution in [0.25, 0.3) is 0 Å². The molecule has 2 aromatic rings. The third kappa shape index (κ3) is 5.04. The van der Waals surface area contributed by atoms with Gasteiger partial charge in [0, 0.05) is 13.6 Å². The van der Waals surface area contributed by atoms with Crippen LogP contribution in [-0.4, -0.2) is 36.2 Å². The zero-order valence-corrected chi connectivity index (χ0v) is 15.8. The minimum absolute atomic E-state index is 0.124. The molecule has 2 aromatic carbocycles. The quantitative estimate of drug-likeness (QED) is 0.757. The van der Waals surface area contributed by atoms with E-state index >= 15 is 0 Å². The van der Waals surface area contributed by atoms with Crippen molar-refractivity contribution in [1.29, 1.82) is 0 Å². The fourth-order valence-electron chi connectivity index (χ4n) is 2.23. The molecule has 0 saturated carbocycles. The molecular weight excluding hydrogens is 360 g/mol. The number of sulfonamides is 2. The summed E-state index contributed by atoms with van der Waals surface area (Å²) in [5, 5.41) is 0. The molecule has 0 atom stereocenters. The molecule has 0 unspecified atom stereocenters. The van der Waals surface area contributed by atoms with Crippen LogP contribution in [0.1, 0.15) is 12.5 Å². The number of hydrogen-bond donors (Lipinski definition) is 1. The number of hydrogen-bond acceptors (Lipinski definition) is 4. The first-order valence-electron chi connectivity index (χ1n) is 7.86. The first-order chi connectivity index (χ1) is 11.8. The van der Waals surface area contributed by atoms with Gasteiger partial charge in [0.1, 0.15) is 0 Å². The van der Waals surface area contributed by atoms with Gasteiger partial charge in [0.25, 0.3) is 0 Å². The molecule has 0 fully saturated rings. The highest BCUT2D eigenvalue weighted by Crippen LogP contribution is 2.15. The van der Waals surface area contributed by atoms with Gasteiger partial charge in [-0.25, -0.2) is 21.6 Å². The molecular formula is C17H22N2O4S2. The highest BCUT2D eigenvalue weighted by atomic mass is 32.2. The number of aryl methyl sites for hydroxylation is 1. The van der Waals surface area contributed by atoms with Crippen LogP contribution in [-0.2, 0) is 26.5 Å². The SMILES string of the molecule is CCc1ccc(S(=O)(=O)NCCS(=O)(=O)N(C)c2ccccc2)cc1. The number of para-hydroxylation sites is 1. The van der Waals surface area contributed by atoms with Gasteiger partial charge in [-0.2, -0.15) is 0 Å². The van der Waals surface area contributed by atoms with E-state index in [1.165, 1.54) is 19.2 Å². The van der Waals surface area contributed by atoms with Crippen LogP contribution >= 0.6 is 0 Å². The molecule has 0 amide bonds. The van der Waals surface area contributed by atoms with E-state index < -0.39 is 20.0 Å². The minimum atomic E-state index is -3.73. The van der Waals surface area contributed by atoms with E-state index in [4.69, 9.17) is 0 Å². The predicted molar refractivity (Wildman–Crippen MR) is 99.6 cm³/mol. The smallest absolute Gasteiger partial charge is 0.240 e. The molecule has 1 N–H and O–H groups in total. The fraction of sp³-hybridized carbons (Fsp3) is 0.294. The third-order valence-electron chi connectivity index (χ3n) is 3.83. The van der Waals surface area contributed by atoms with Gasteiger partial charge in [0.15, 0.2) is 0 Å². The van der Waals surface area contributed by atoms with Crippen LogP contribution in [0.4, 0.5) is 5.69 Å². The highest BCUT2D eigenvalue weighted by molar-refractivity contribution is 7.93. The predicted octanol–water partition coefficient (Wildman–Crippen LogP) is 1.99. The molecule has 0 aliphatic carbocycles. The van der Waals surface area contributed by atoms with Crippen LogP contribution in [0.15, 0.2) is 59.5 Å². The molecule has 136 valence electrons. The van der Waals surface area contributed by atoms with E-state index in [-0.39, 0.29) is 17.2 Å². The van der Waals surface area contributed by atoms with Gasteiger partial charge in [-0.15, -0.1) is 0 Å². The Morgan fingerprint density at radius 2 is 1.52 bits per heavy atom. The highest BCUT2D eigenvalue weighted by Gasteiger charge is 2.20. The van der Waals surface area contributed by atoms with Crippen molar-refractivity contribution < 1.29 is 16.8 Å². The lowest BCUT2D eigenvalue weighted by Gasteiger charge is -2.19. The number of anilines is 1. The lowest BCUT2D eigenvalue weighted by molar-refractivity contribution is 0.580. The average Bonchev–Trinajstić information content (AvgIpc) is 2.61. The molecule has 6 nitrogen and oxygen atoms in total. The van der Waals surface area contributed by atoms with Gasteiger partial charge in [0.2, 0.25) is 20.0 Å². The second-order valence-corrected chi connectivity index (χ2v) is 9.40. The Labute approximate surface area is 149 Å². The minimum Gasteiger partial charge on any atom is -0.273 e. The molecule has 8 heteroatoms. The van der Waals surface area contributed by atoms with Gasteiger partial charge in [-0.05, 0) is 36.2 Å². The summed E-state index contributed by atoms with van der Waals surface area (Å²) in [4.78, 5) is 0.124. The second kappa shape index (κ2) is 7.99. The lowest BCUT2D eigenvalue weighted by atomic mass is 10.2. The van der Waals surface area contributed by atoms with Crippen molar-refractivity contribution in [3.8, 4) is 0 Å². The van der Waals surface area contributed by atoms with E-state index in [0.29, 0.717) is 5.69 Å². The van der Waals surface area contributed by atoms with Crippen LogP contribution in [0.3, 0.4) is 0 Å². The molecule has 0 bridgehead atoms. The van der Waals surface area contributed by atoms with Crippen molar-refractivity contribution in [2.24, 2.45) is 0 Å². The van der Waals surface area contributed by atoms with Gasteiger partial charge >= 0.3 is 0 Å². The molecule has 0 aromatic heterocycles. The summed E-state index contributed by atoms with van der Waals surface area (Å²) in [6.45, 7) is 1.78. The zero-order valence-electron chi connectivity index (χ0n) is 14.2. The van der Waals surface area contributed by atoms with E-state index in [9.17, 15) is 16.8 Å². The van der Waals surface area contributed by atoms with Gasteiger partial charge in [-0.3, -0.25) is 4.31 Å². The third-order valence-corrected chi connectivity index (χ3v) is 7.07. The molecule has 0 spiro atoms. The van der Waals surface area contributed by atoms with Crippen LogP contribution in [0, 0.1) is 0 Å². The second-order valence-electron chi connectivity index (χ2n) is 5.51. The summed E-state index contributed by atoms with van der Waals surface area (Å²) in [5.41, 5.74) is 1.56. The molecule has 0 heterocycles. The van der Waals surface area contributed by atoms with Crippen LogP contribution in [0.2, 0.25) is 0 Å². The number of nitrogens with zero attached hydrogens (tertiary/aromatic N) is 1. The van der Waals surface area contributed by atoms with Crippen molar-refractivity contribution in [3.63, 3.8) is 0 Å². The topological polar surface area (TPSA) is 83.5 Å². The van der Waals surface area contributed by atoms with E-state index in [1.807, 2.05) is 6.92 Å². The fourth-order valence-corrected chi connectivity index (χ4v) is 4.47. The summed E-state index contributed by atoms with van der Waals surface area (Å²) < 4.78 is 52.6. The summed E-state index contributed by atoms with van der Waals surface area (Å²) in [6, 6.07) is 15.2. The Hall–Kier alpha value is -1.90. The largest absolute Gasteiger partial charge is 0.273 e. The van der Waals surface area contributed by atoms with Crippen molar-refractivity contribution in [2.75, 3.05) is 23.7 Å². The monoisotopic (exact) mass is 382 g/mol. The first-order valence-corrected chi connectivity index (χ1v) is 11.0. The van der Waals surface area contributed by atoms with E-state index in [0.717, 1.165) is 16.3 Å². The Bertz CT molecular complexity index is 893. The van der Waals surface area contributed by atoms with Gasteiger partial charge < -0.3 is 0 Å². The maximum Gasteiger partial charge on any atom is 0.240 e. The summed E-state index contributed by atoms with van der Waals surface area (Å²) in [6.07, 6.45) is 0.817. The first kappa shape index (κ1) is 19.4. The van der Waals surface area contributed by atoms with Crippen molar-refractivity contribution in [3.05, 3.63) is 60.2 Å². The van der Waals surface area contributed by atoms with E-state index in [2.05, 4.69) is 4.72 Å². The van der Waals surface area contributed by atoms with Gasteiger partial charge in [0.05, 0.1) is 16.3 Å². The van der Waals surface area contributed by atoms with Crippen LogP contribution < -0.4 is 9.03 Å². The number of rotatable bonds is 8. The molecule has 0 aliphatic heterocycles. The maximum atomic E-state index is 12.3. The Balaban J connectivity index is 2.00. The zero-order chi connectivity index (χ0) is 18.5. The average molecular weight is 383 g/mol. The lowest BCUT2D eigenvalue weighted by Crippen LogP contribution is -2.35. The molecule has 0 radical (unpaired) electrons. The van der Waals surface area contributed by atoms with Crippen LogP contribution in [0.5, 0.6) is 0 Å².